The Morgan fingerprint density at radius 3 is 2.45 bits per heavy atom. The molecular weight excluding hydrogens is 436 g/mol. The van der Waals surface area contributed by atoms with E-state index in [0.717, 1.165) is 21.5 Å². The average Bonchev–Trinajstić information content (AvgIpc) is 3.38. The van der Waals surface area contributed by atoms with E-state index < -0.39 is 11.5 Å². The number of ether oxygens (including phenoxy) is 3. The van der Waals surface area contributed by atoms with Crippen LogP contribution in [0.15, 0.2) is 72.2 Å². The van der Waals surface area contributed by atoms with Gasteiger partial charge in [0.05, 0.1) is 0 Å². The quantitative estimate of drug-likeness (QED) is 0.357. The Kier molecular flexibility index (Phi) is 6.91. The molecule has 0 aliphatic rings. The van der Waals surface area contributed by atoms with Crippen molar-refractivity contribution in [3.63, 3.8) is 0 Å². The number of amides is 1. The Hall–Kier alpha value is -3.42. The molecule has 0 saturated carbocycles. The molecule has 1 heterocycles. The Morgan fingerprint density at radius 2 is 1.79 bits per heavy atom. The van der Waals surface area contributed by atoms with Gasteiger partial charge in [0.1, 0.15) is 28.7 Å². The molecule has 1 atom stereocenters. The zero-order valence-corrected chi connectivity index (χ0v) is 19.4. The molecule has 4 rings (SSSR count). The van der Waals surface area contributed by atoms with Gasteiger partial charge >= 0.3 is 0 Å². The summed E-state index contributed by atoms with van der Waals surface area (Å²) in [4.78, 5) is 15.8. The van der Waals surface area contributed by atoms with Gasteiger partial charge in [-0.2, -0.15) is 0 Å². The third-order valence-corrected chi connectivity index (χ3v) is 6.49. The molecule has 0 aliphatic carbocycles. The lowest BCUT2D eigenvalue weighted by Gasteiger charge is -2.30. The second-order valence-corrected chi connectivity index (χ2v) is 8.53. The fourth-order valence-corrected chi connectivity index (χ4v) is 4.78. The number of methoxy groups -OCH3 is 1. The van der Waals surface area contributed by atoms with Crippen LogP contribution in [0, 0.1) is 0 Å². The number of thiazole rings is 1. The van der Waals surface area contributed by atoms with Crippen molar-refractivity contribution in [1.82, 2.24) is 4.98 Å². The summed E-state index contributed by atoms with van der Waals surface area (Å²) >= 11 is 1.52. The Bertz CT molecular complexity index is 1240. The highest BCUT2D eigenvalue weighted by molar-refractivity contribution is 7.09. The summed E-state index contributed by atoms with van der Waals surface area (Å²) in [5, 5.41) is 5.09. The minimum Gasteiger partial charge on any atom is -0.489 e. The predicted octanol–water partition coefficient (Wildman–Crippen LogP) is 5.04. The zero-order chi connectivity index (χ0) is 23.3. The summed E-state index contributed by atoms with van der Waals surface area (Å²) in [6.07, 6.45) is 2.41. The van der Waals surface area contributed by atoms with Gasteiger partial charge in [0.25, 0.3) is 5.91 Å². The second kappa shape index (κ2) is 10.0. The smallest absolute Gasteiger partial charge is 0.255 e. The van der Waals surface area contributed by atoms with Crippen molar-refractivity contribution >= 4 is 28.0 Å². The van der Waals surface area contributed by atoms with Crippen molar-refractivity contribution in [1.29, 1.82) is 0 Å². The lowest BCUT2D eigenvalue weighted by molar-refractivity contribution is -0.119. The van der Waals surface area contributed by atoms with Crippen LogP contribution in [0.1, 0.15) is 29.5 Å². The van der Waals surface area contributed by atoms with Crippen LogP contribution in [0.25, 0.3) is 10.8 Å². The number of nitrogens with two attached hydrogens (primary N) is 1. The van der Waals surface area contributed by atoms with E-state index >= 15 is 0 Å². The number of hydrogen-bond acceptors (Lipinski definition) is 6. The number of benzene rings is 3. The van der Waals surface area contributed by atoms with Gasteiger partial charge in [0.15, 0.2) is 6.61 Å². The average molecular weight is 463 g/mol. The van der Waals surface area contributed by atoms with Crippen molar-refractivity contribution in [2.24, 2.45) is 5.73 Å². The van der Waals surface area contributed by atoms with Gasteiger partial charge in [-0.3, -0.25) is 4.79 Å². The molecule has 0 fully saturated rings. The van der Waals surface area contributed by atoms with Crippen molar-refractivity contribution in [3.05, 3.63) is 88.4 Å². The number of carbonyl (C=O) groups excluding carboxylic acids is 1. The fourth-order valence-electron chi connectivity index (χ4n) is 3.87. The van der Waals surface area contributed by atoms with Crippen LogP contribution in [0.2, 0.25) is 0 Å². The van der Waals surface area contributed by atoms with E-state index in [-0.39, 0.29) is 6.61 Å². The Labute approximate surface area is 196 Å². The van der Waals surface area contributed by atoms with Crippen molar-refractivity contribution in [2.45, 2.75) is 25.6 Å². The number of fused-ring (bicyclic) bond motifs is 1. The maximum atomic E-state index is 11.3. The van der Waals surface area contributed by atoms with Gasteiger partial charge in [-0.1, -0.05) is 43.3 Å². The van der Waals surface area contributed by atoms with Crippen LogP contribution in [-0.2, 0) is 21.7 Å². The van der Waals surface area contributed by atoms with E-state index in [1.54, 1.807) is 19.4 Å². The molecule has 1 unspecified atom stereocenters. The maximum absolute atomic E-state index is 11.3. The molecule has 1 aromatic heterocycles. The van der Waals surface area contributed by atoms with E-state index in [1.165, 1.54) is 16.7 Å². The first-order valence-electron chi connectivity index (χ1n) is 10.7. The molecule has 33 heavy (non-hydrogen) atoms. The number of aromatic nitrogens is 1. The first kappa shape index (κ1) is 22.8. The van der Waals surface area contributed by atoms with E-state index in [1.807, 2.05) is 36.6 Å². The molecule has 0 aliphatic heterocycles. The molecule has 1 amide bonds. The number of hydrogen-bond donors (Lipinski definition) is 1. The highest BCUT2D eigenvalue weighted by atomic mass is 32.1. The summed E-state index contributed by atoms with van der Waals surface area (Å²) in [6, 6.07) is 20.0. The van der Waals surface area contributed by atoms with Gasteiger partial charge in [-0.25, -0.2) is 4.98 Å². The minimum atomic E-state index is -0.763. The lowest BCUT2D eigenvalue weighted by Crippen LogP contribution is -2.29. The molecule has 2 N–H and O–H groups in total. The first-order valence-corrected chi connectivity index (χ1v) is 11.5. The molecule has 6 nitrogen and oxygen atoms in total. The largest absolute Gasteiger partial charge is 0.489 e. The summed E-state index contributed by atoms with van der Waals surface area (Å²) in [5.41, 5.74) is 6.40. The number of carbonyl (C=O) groups is 1. The fraction of sp³-hybridized carbons (Fsp3) is 0.231. The lowest BCUT2D eigenvalue weighted by atomic mass is 9.91. The molecule has 0 bridgehead atoms. The monoisotopic (exact) mass is 462 g/mol. The second-order valence-electron chi connectivity index (χ2n) is 7.64. The minimum absolute atomic E-state index is 0.225. The van der Waals surface area contributed by atoms with Crippen molar-refractivity contribution < 1.29 is 19.0 Å². The van der Waals surface area contributed by atoms with Crippen LogP contribution < -0.4 is 15.2 Å². The van der Waals surface area contributed by atoms with Gasteiger partial charge in [0, 0.05) is 24.8 Å². The number of nitrogens with zero attached hydrogens (tertiary/aromatic N) is 1. The molecule has 3 aromatic carbocycles. The first-order chi connectivity index (χ1) is 16.0. The molecule has 7 heteroatoms. The number of primary amides is 1. The van der Waals surface area contributed by atoms with Gasteiger partial charge in [0.2, 0.25) is 0 Å². The molecule has 170 valence electrons. The molecule has 0 spiro atoms. The van der Waals surface area contributed by atoms with Gasteiger partial charge in [-0.15, -0.1) is 11.3 Å². The van der Waals surface area contributed by atoms with E-state index in [0.29, 0.717) is 24.5 Å². The van der Waals surface area contributed by atoms with Gasteiger partial charge < -0.3 is 19.9 Å². The van der Waals surface area contributed by atoms with Crippen LogP contribution in [0.4, 0.5) is 0 Å². The van der Waals surface area contributed by atoms with Crippen LogP contribution in [-0.4, -0.2) is 24.6 Å². The zero-order valence-electron chi connectivity index (χ0n) is 18.6. The highest BCUT2D eigenvalue weighted by Gasteiger charge is 2.36. The summed E-state index contributed by atoms with van der Waals surface area (Å²) in [7, 11) is 1.66. The van der Waals surface area contributed by atoms with E-state index in [2.05, 4.69) is 35.3 Å². The molecule has 4 aromatic rings. The predicted molar refractivity (Wildman–Crippen MR) is 130 cm³/mol. The third kappa shape index (κ3) is 4.99. The van der Waals surface area contributed by atoms with Crippen molar-refractivity contribution in [2.75, 3.05) is 13.7 Å². The van der Waals surface area contributed by atoms with Crippen LogP contribution in [0.3, 0.4) is 0 Å². The maximum Gasteiger partial charge on any atom is 0.255 e. The Morgan fingerprint density at radius 1 is 1.03 bits per heavy atom. The molecule has 0 saturated heterocycles. The molecular formula is C26H26N2O4S. The van der Waals surface area contributed by atoms with Crippen molar-refractivity contribution in [3.8, 4) is 11.5 Å². The molecule has 0 radical (unpaired) electrons. The van der Waals surface area contributed by atoms with Crippen LogP contribution >= 0.6 is 11.3 Å². The highest BCUT2D eigenvalue weighted by Crippen LogP contribution is 2.40. The summed E-state index contributed by atoms with van der Waals surface area (Å²) in [6.45, 7) is 2.20. The SMILES string of the molecule is CCC(OC)(c1cc(OCC(N)=O)cc(OCc2ccc3ccccc3c2)c1)c1nccs1. The van der Waals surface area contributed by atoms with E-state index in [9.17, 15) is 4.79 Å². The summed E-state index contributed by atoms with van der Waals surface area (Å²) in [5.74, 6) is 0.533. The Balaban J connectivity index is 1.67. The van der Waals surface area contributed by atoms with Crippen LogP contribution in [0.5, 0.6) is 11.5 Å². The van der Waals surface area contributed by atoms with E-state index in [4.69, 9.17) is 19.9 Å². The van der Waals surface area contributed by atoms with Gasteiger partial charge in [-0.05, 0) is 46.5 Å². The normalized spacial score (nSPS) is 12.9. The topological polar surface area (TPSA) is 83.7 Å². The third-order valence-electron chi connectivity index (χ3n) is 5.57. The standard InChI is InChI=1S/C26H26N2O4S/c1-3-26(30-2,25-28-10-11-33-25)21-13-22(15-23(14-21)32-17-24(27)29)31-16-18-8-9-19-6-4-5-7-20(19)12-18/h4-15H,3,16-17H2,1-2H3,(H2,27,29). The number of rotatable bonds is 10. The summed E-state index contributed by atoms with van der Waals surface area (Å²) < 4.78 is 17.8.